The molecule has 0 aliphatic heterocycles. The third-order valence-corrected chi connectivity index (χ3v) is 2.59. The van der Waals surface area contributed by atoms with Gasteiger partial charge in [0, 0.05) is 12.6 Å². The van der Waals surface area contributed by atoms with Crippen LogP contribution in [0, 0.1) is 17.1 Å². The van der Waals surface area contributed by atoms with Crippen molar-refractivity contribution in [2.45, 2.75) is 13.3 Å². The Morgan fingerprint density at radius 2 is 2.05 bits per heavy atom. The van der Waals surface area contributed by atoms with E-state index < -0.39 is 5.82 Å². The summed E-state index contributed by atoms with van der Waals surface area (Å²) < 4.78 is 13.1. The molecule has 1 aromatic carbocycles. The summed E-state index contributed by atoms with van der Waals surface area (Å²) in [5, 5.41) is 15.1. The van der Waals surface area contributed by atoms with Gasteiger partial charge in [0.1, 0.15) is 29.8 Å². The molecular weight excluding hydrogens is 257 g/mol. The van der Waals surface area contributed by atoms with Crippen molar-refractivity contribution in [2.75, 3.05) is 17.2 Å². The number of rotatable bonds is 5. The fourth-order valence-corrected chi connectivity index (χ4v) is 1.63. The quantitative estimate of drug-likeness (QED) is 0.874. The van der Waals surface area contributed by atoms with Crippen molar-refractivity contribution in [3.63, 3.8) is 0 Å². The Kier molecular flexibility index (Phi) is 4.45. The molecule has 1 heterocycles. The molecule has 5 nitrogen and oxygen atoms in total. The number of hydrogen-bond donors (Lipinski definition) is 2. The van der Waals surface area contributed by atoms with Gasteiger partial charge in [0.15, 0.2) is 0 Å². The highest BCUT2D eigenvalue weighted by atomic mass is 19.1. The van der Waals surface area contributed by atoms with Crippen LogP contribution < -0.4 is 10.6 Å². The van der Waals surface area contributed by atoms with E-state index in [1.165, 1.54) is 24.5 Å². The van der Waals surface area contributed by atoms with E-state index in [4.69, 9.17) is 5.26 Å². The van der Waals surface area contributed by atoms with Gasteiger partial charge in [0.25, 0.3) is 0 Å². The van der Waals surface area contributed by atoms with Crippen molar-refractivity contribution >= 4 is 17.3 Å². The van der Waals surface area contributed by atoms with Crippen LogP contribution in [-0.4, -0.2) is 16.5 Å². The third kappa shape index (κ3) is 3.42. The van der Waals surface area contributed by atoms with Gasteiger partial charge in [-0.1, -0.05) is 6.92 Å². The summed E-state index contributed by atoms with van der Waals surface area (Å²) >= 11 is 0. The monoisotopic (exact) mass is 271 g/mol. The van der Waals surface area contributed by atoms with Gasteiger partial charge in [-0.25, -0.2) is 14.4 Å². The molecule has 0 saturated carbocycles. The summed E-state index contributed by atoms with van der Waals surface area (Å²) in [6, 6.07) is 7.66. The minimum atomic E-state index is -0.444. The molecule has 0 spiro atoms. The van der Waals surface area contributed by atoms with Gasteiger partial charge in [-0.15, -0.1) is 0 Å². The van der Waals surface area contributed by atoms with Crippen LogP contribution in [0.15, 0.2) is 30.6 Å². The van der Waals surface area contributed by atoms with Gasteiger partial charge in [0.05, 0.1) is 11.3 Å². The lowest BCUT2D eigenvalue weighted by molar-refractivity contribution is 0.627. The SMILES string of the molecule is CCCNc1cc(Nc2ccc(F)cc2C#N)ncn1. The molecule has 0 aliphatic carbocycles. The zero-order valence-electron chi connectivity index (χ0n) is 11.0. The van der Waals surface area contributed by atoms with Crippen LogP contribution in [0.2, 0.25) is 0 Å². The number of nitrogens with zero attached hydrogens (tertiary/aromatic N) is 3. The average molecular weight is 271 g/mol. The Labute approximate surface area is 116 Å². The zero-order valence-corrected chi connectivity index (χ0v) is 11.0. The van der Waals surface area contributed by atoms with Crippen molar-refractivity contribution in [2.24, 2.45) is 0 Å². The highest BCUT2D eigenvalue weighted by Gasteiger charge is 2.05. The van der Waals surface area contributed by atoms with Gasteiger partial charge in [-0.3, -0.25) is 0 Å². The fraction of sp³-hybridized carbons (Fsp3) is 0.214. The van der Waals surface area contributed by atoms with Crippen LogP contribution in [0.4, 0.5) is 21.7 Å². The second-order valence-corrected chi connectivity index (χ2v) is 4.14. The summed E-state index contributed by atoms with van der Waals surface area (Å²) in [5.41, 5.74) is 0.737. The maximum absolute atomic E-state index is 13.1. The number of benzene rings is 1. The first-order chi connectivity index (χ1) is 9.72. The molecule has 0 radical (unpaired) electrons. The van der Waals surface area contributed by atoms with E-state index in [1.807, 2.05) is 6.07 Å². The van der Waals surface area contributed by atoms with Crippen molar-refractivity contribution in [3.05, 3.63) is 42.0 Å². The minimum absolute atomic E-state index is 0.228. The molecular formula is C14H14FN5. The maximum Gasteiger partial charge on any atom is 0.135 e. The summed E-state index contributed by atoms with van der Waals surface area (Å²) in [4.78, 5) is 8.16. The van der Waals surface area contributed by atoms with Gasteiger partial charge in [-0.05, 0) is 24.6 Å². The van der Waals surface area contributed by atoms with E-state index >= 15 is 0 Å². The molecule has 2 rings (SSSR count). The van der Waals surface area contributed by atoms with Crippen LogP contribution in [0.3, 0.4) is 0 Å². The molecule has 20 heavy (non-hydrogen) atoms. The van der Waals surface area contributed by atoms with Crippen molar-refractivity contribution < 1.29 is 4.39 Å². The number of anilines is 3. The smallest absolute Gasteiger partial charge is 0.135 e. The van der Waals surface area contributed by atoms with Crippen molar-refractivity contribution in [1.29, 1.82) is 5.26 Å². The zero-order chi connectivity index (χ0) is 14.4. The summed E-state index contributed by atoms with van der Waals surface area (Å²) in [6.07, 6.45) is 2.42. The maximum atomic E-state index is 13.1. The largest absolute Gasteiger partial charge is 0.370 e. The fourth-order valence-electron chi connectivity index (χ4n) is 1.63. The lowest BCUT2D eigenvalue weighted by Crippen LogP contribution is -2.04. The molecule has 2 aromatic rings. The lowest BCUT2D eigenvalue weighted by atomic mass is 10.2. The highest BCUT2D eigenvalue weighted by Crippen LogP contribution is 2.21. The Balaban J connectivity index is 2.20. The summed E-state index contributed by atoms with van der Waals surface area (Å²) in [7, 11) is 0. The molecule has 0 atom stereocenters. The molecule has 0 amide bonds. The standard InChI is InChI=1S/C14H14FN5/c1-2-5-17-13-7-14(19-9-18-13)20-12-4-3-11(15)6-10(12)8-16/h3-4,6-7,9H,2,5H2,1H3,(H2,17,18,19,20). The third-order valence-electron chi connectivity index (χ3n) is 2.59. The number of nitriles is 1. The average Bonchev–Trinajstić information content (AvgIpc) is 2.47. The number of nitrogens with one attached hydrogen (secondary N) is 2. The van der Waals surface area contributed by atoms with E-state index in [0.29, 0.717) is 17.3 Å². The molecule has 1 aromatic heterocycles. The van der Waals surface area contributed by atoms with Crippen LogP contribution in [0.5, 0.6) is 0 Å². The molecule has 2 N–H and O–H groups in total. The molecule has 0 fully saturated rings. The van der Waals surface area contributed by atoms with Crippen LogP contribution in [0.1, 0.15) is 18.9 Å². The molecule has 0 aliphatic rings. The molecule has 6 heteroatoms. The first-order valence-electron chi connectivity index (χ1n) is 6.25. The van der Waals surface area contributed by atoms with E-state index in [-0.39, 0.29) is 5.56 Å². The van der Waals surface area contributed by atoms with Gasteiger partial charge in [-0.2, -0.15) is 5.26 Å². The number of halogens is 1. The minimum Gasteiger partial charge on any atom is -0.370 e. The predicted octanol–water partition coefficient (Wildman–Crippen LogP) is 3.05. The van der Waals surface area contributed by atoms with Crippen LogP contribution >= 0.6 is 0 Å². The molecule has 0 unspecified atom stereocenters. The van der Waals surface area contributed by atoms with Gasteiger partial charge < -0.3 is 10.6 Å². The van der Waals surface area contributed by atoms with E-state index in [2.05, 4.69) is 27.5 Å². The summed E-state index contributed by atoms with van der Waals surface area (Å²) in [6.45, 7) is 2.88. The second-order valence-electron chi connectivity index (χ2n) is 4.14. The Morgan fingerprint density at radius 1 is 1.25 bits per heavy atom. The van der Waals surface area contributed by atoms with Crippen molar-refractivity contribution in [1.82, 2.24) is 9.97 Å². The van der Waals surface area contributed by atoms with E-state index in [0.717, 1.165) is 13.0 Å². The topological polar surface area (TPSA) is 73.6 Å². The van der Waals surface area contributed by atoms with E-state index in [1.54, 1.807) is 6.07 Å². The van der Waals surface area contributed by atoms with Gasteiger partial charge >= 0.3 is 0 Å². The Hall–Kier alpha value is -2.68. The molecule has 0 saturated heterocycles. The summed E-state index contributed by atoms with van der Waals surface area (Å²) in [5.74, 6) is 0.798. The molecule has 102 valence electrons. The number of aromatic nitrogens is 2. The van der Waals surface area contributed by atoms with E-state index in [9.17, 15) is 4.39 Å². The second kappa shape index (κ2) is 6.48. The normalized spacial score (nSPS) is 9.85. The van der Waals surface area contributed by atoms with Crippen LogP contribution in [-0.2, 0) is 0 Å². The number of hydrogen-bond acceptors (Lipinski definition) is 5. The van der Waals surface area contributed by atoms with Crippen molar-refractivity contribution in [3.8, 4) is 6.07 Å². The Bertz CT molecular complexity index is 636. The van der Waals surface area contributed by atoms with Gasteiger partial charge in [0.2, 0.25) is 0 Å². The predicted molar refractivity (Wildman–Crippen MR) is 75.2 cm³/mol. The van der Waals surface area contributed by atoms with Crippen LogP contribution in [0.25, 0.3) is 0 Å². The Morgan fingerprint density at radius 3 is 2.80 bits per heavy atom. The lowest BCUT2D eigenvalue weighted by Gasteiger charge is -2.09. The highest BCUT2D eigenvalue weighted by molar-refractivity contribution is 5.65. The first kappa shape index (κ1) is 13.7. The molecule has 0 bridgehead atoms. The first-order valence-corrected chi connectivity index (χ1v) is 6.25.